The van der Waals surface area contributed by atoms with Crippen molar-refractivity contribution in [2.75, 3.05) is 19.7 Å². The Morgan fingerprint density at radius 3 is 2.42 bits per heavy atom. The molecule has 2 aromatic carbocycles. The number of hydrogen-bond donors (Lipinski definition) is 7. The van der Waals surface area contributed by atoms with E-state index in [4.69, 9.17) is 26.2 Å². The number of amides is 1. The second-order valence-electron chi connectivity index (χ2n) is 13.4. The molecular formula is C37H48ClN3O10S. The molecule has 1 aromatic heterocycles. The maximum absolute atomic E-state index is 13.1. The lowest BCUT2D eigenvalue weighted by molar-refractivity contribution is -0.126. The highest BCUT2D eigenvalue weighted by Crippen LogP contribution is 2.53. The van der Waals surface area contributed by atoms with Gasteiger partial charge in [-0.1, -0.05) is 42.6 Å². The van der Waals surface area contributed by atoms with Gasteiger partial charge in [-0.25, -0.2) is 13.1 Å². The molecule has 15 heteroatoms. The van der Waals surface area contributed by atoms with E-state index >= 15 is 0 Å². The molecule has 0 saturated heterocycles. The zero-order valence-corrected chi connectivity index (χ0v) is 30.4. The van der Waals surface area contributed by atoms with Gasteiger partial charge in [-0.05, 0) is 80.0 Å². The minimum Gasteiger partial charge on any atom is -0.490 e. The number of nitrogens with zero attached hydrogens (tertiary/aromatic N) is 1. The van der Waals surface area contributed by atoms with Crippen molar-refractivity contribution in [2.45, 2.75) is 105 Å². The summed E-state index contributed by atoms with van der Waals surface area (Å²) in [6, 6.07) is 14.5. The minimum atomic E-state index is -3.83. The van der Waals surface area contributed by atoms with Gasteiger partial charge in [-0.3, -0.25) is 9.78 Å². The number of aliphatic hydroxyl groups excluding tert-OH is 5. The van der Waals surface area contributed by atoms with Crippen LogP contribution in [0.15, 0.2) is 65.8 Å². The highest BCUT2D eigenvalue weighted by molar-refractivity contribution is 7.89. The van der Waals surface area contributed by atoms with E-state index in [0.717, 1.165) is 48.1 Å². The Morgan fingerprint density at radius 1 is 0.962 bits per heavy atom. The van der Waals surface area contributed by atoms with Crippen molar-refractivity contribution in [2.24, 2.45) is 0 Å². The summed E-state index contributed by atoms with van der Waals surface area (Å²) in [5.74, 6) is 0.459. The van der Waals surface area contributed by atoms with Gasteiger partial charge in [0.05, 0.1) is 35.9 Å². The van der Waals surface area contributed by atoms with E-state index in [0.29, 0.717) is 36.3 Å². The first-order valence-electron chi connectivity index (χ1n) is 17.7. The summed E-state index contributed by atoms with van der Waals surface area (Å²) in [4.78, 5) is 16.6. The number of aromatic nitrogens is 1. The number of para-hydroxylation sites is 1. The third-order valence-electron chi connectivity index (χ3n) is 9.30. The van der Waals surface area contributed by atoms with E-state index in [1.165, 1.54) is 12.1 Å². The van der Waals surface area contributed by atoms with E-state index in [2.05, 4.69) is 15.0 Å². The zero-order valence-electron chi connectivity index (χ0n) is 28.9. The number of carbonyl (C=O) groups excluding carboxylic acids is 1. The van der Waals surface area contributed by atoms with Crippen molar-refractivity contribution in [3.8, 4) is 16.9 Å². The number of unbranched alkanes of at least 4 members (excludes halogenated alkanes) is 3. The Balaban J connectivity index is 1.07. The van der Waals surface area contributed by atoms with Gasteiger partial charge in [0.1, 0.15) is 24.1 Å². The van der Waals surface area contributed by atoms with Crippen LogP contribution in [-0.2, 0) is 31.8 Å². The highest BCUT2D eigenvalue weighted by Gasteiger charge is 2.48. The molecule has 0 spiro atoms. The van der Waals surface area contributed by atoms with Crippen LogP contribution in [0, 0.1) is 0 Å². The first-order valence-corrected chi connectivity index (χ1v) is 19.5. The van der Waals surface area contributed by atoms with E-state index in [9.17, 15) is 33.6 Å². The lowest BCUT2D eigenvalue weighted by Crippen LogP contribution is -2.49. The molecule has 0 aliphatic heterocycles. The number of rotatable bonds is 22. The van der Waals surface area contributed by atoms with Crippen LogP contribution in [0.1, 0.15) is 68.9 Å². The molecule has 0 unspecified atom stereocenters. The molecule has 2 aliphatic carbocycles. The topological polar surface area (TPSA) is 208 Å². The van der Waals surface area contributed by atoms with Crippen molar-refractivity contribution in [3.05, 3.63) is 77.1 Å². The Kier molecular flexibility index (Phi) is 14.0. The molecule has 2 aliphatic rings. The van der Waals surface area contributed by atoms with Gasteiger partial charge in [-0.15, -0.1) is 0 Å². The van der Waals surface area contributed by atoms with Crippen LogP contribution in [0.4, 0.5) is 0 Å². The number of pyridine rings is 1. The number of nitrogens with one attached hydrogen (secondary N) is 2. The molecule has 52 heavy (non-hydrogen) atoms. The Labute approximate surface area is 309 Å². The molecule has 2 fully saturated rings. The minimum absolute atomic E-state index is 0.0796. The summed E-state index contributed by atoms with van der Waals surface area (Å²) in [6.07, 6.45) is 3.38. The SMILES string of the molecule is O=C(CCCCCCNS(=O)(=O)c1ccc(Cl)c(COC2(c3cnccc3-c3ccccc3OC3CC3)CC2)c1)NC[C@H](O)[C@@H](O)[C@H](O)[C@H](O)CO. The van der Waals surface area contributed by atoms with Gasteiger partial charge >= 0.3 is 0 Å². The smallest absolute Gasteiger partial charge is 0.240 e. The van der Waals surface area contributed by atoms with Crippen LogP contribution in [0.25, 0.3) is 11.1 Å². The van der Waals surface area contributed by atoms with E-state index in [1.807, 2.05) is 36.5 Å². The molecule has 1 amide bonds. The monoisotopic (exact) mass is 761 g/mol. The fraction of sp³-hybridized carbons (Fsp3) is 0.514. The summed E-state index contributed by atoms with van der Waals surface area (Å²) < 4.78 is 41.6. The molecule has 284 valence electrons. The molecule has 1 heterocycles. The molecule has 7 N–H and O–H groups in total. The standard InChI is InChI=1S/C37H48ClN3O10S/c38-30-13-12-26(52(48,49)41-17-6-2-1-3-9-34(45)40-21-31(43)35(46)36(47)32(44)22-42)19-24(30)23-50-37(15-16-37)29-20-39-18-14-27(29)28-7-4-5-8-33(28)51-25-10-11-25/h4-5,7-8,12-14,18-20,25,31-32,35-36,41-44,46-47H,1-3,6,9-11,15-17,21-23H2,(H,40,45)/t31-,32+,35+,36+/m0/s1. The average molecular weight is 762 g/mol. The van der Waals surface area contributed by atoms with Crippen LogP contribution in [-0.4, -0.2) is 95.1 Å². The van der Waals surface area contributed by atoms with Crippen LogP contribution < -0.4 is 14.8 Å². The number of hydrogen-bond acceptors (Lipinski definition) is 11. The van der Waals surface area contributed by atoms with E-state index in [1.54, 1.807) is 12.3 Å². The molecule has 3 aromatic rings. The van der Waals surface area contributed by atoms with Gasteiger partial charge in [0.15, 0.2) is 0 Å². The van der Waals surface area contributed by atoms with Gasteiger partial charge < -0.3 is 40.3 Å². The number of halogens is 1. The van der Waals surface area contributed by atoms with E-state index < -0.39 is 46.6 Å². The normalized spacial score (nSPS) is 17.6. The number of carbonyl (C=O) groups is 1. The summed E-state index contributed by atoms with van der Waals surface area (Å²) in [6.45, 7) is -0.820. The Hall–Kier alpha value is -3.18. The van der Waals surface area contributed by atoms with Crippen molar-refractivity contribution in [3.63, 3.8) is 0 Å². The summed E-state index contributed by atoms with van der Waals surface area (Å²) in [5.41, 5.74) is 2.90. The quantitative estimate of drug-likeness (QED) is 0.0741. The first kappa shape index (κ1) is 40.0. The predicted octanol–water partition coefficient (Wildman–Crippen LogP) is 2.93. The van der Waals surface area contributed by atoms with Gasteiger partial charge in [0, 0.05) is 48.1 Å². The molecule has 2 saturated carbocycles. The van der Waals surface area contributed by atoms with Crippen molar-refractivity contribution >= 4 is 27.5 Å². The second-order valence-corrected chi connectivity index (χ2v) is 15.6. The number of aliphatic hydroxyl groups is 5. The molecule has 13 nitrogen and oxygen atoms in total. The first-order chi connectivity index (χ1) is 24.9. The molecule has 5 rings (SSSR count). The number of sulfonamides is 1. The largest absolute Gasteiger partial charge is 0.490 e. The van der Waals surface area contributed by atoms with Crippen LogP contribution >= 0.6 is 11.6 Å². The van der Waals surface area contributed by atoms with E-state index in [-0.39, 0.29) is 43.0 Å². The predicted molar refractivity (Wildman–Crippen MR) is 193 cm³/mol. The van der Waals surface area contributed by atoms with Gasteiger partial charge in [0.2, 0.25) is 15.9 Å². The van der Waals surface area contributed by atoms with Crippen LogP contribution in [0.5, 0.6) is 5.75 Å². The third-order valence-corrected chi connectivity index (χ3v) is 11.1. The average Bonchev–Trinajstić information content (AvgIpc) is 4.10. The fourth-order valence-electron chi connectivity index (χ4n) is 5.84. The maximum atomic E-state index is 13.1. The molecule has 0 radical (unpaired) electrons. The van der Waals surface area contributed by atoms with Gasteiger partial charge in [0.25, 0.3) is 0 Å². The van der Waals surface area contributed by atoms with Crippen molar-refractivity contribution in [1.29, 1.82) is 0 Å². The van der Waals surface area contributed by atoms with Crippen LogP contribution in [0.3, 0.4) is 0 Å². The lowest BCUT2D eigenvalue weighted by atomic mass is 9.96. The summed E-state index contributed by atoms with van der Waals surface area (Å²) in [7, 11) is -3.83. The number of ether oxygens (including phenoxy) is 2. The molecule has 4 atom stereocenters. The maximum Gasteiger partial charge on any atom is 0.240 e. The Morgan fingerprint density at radius 2 is 1.69 bits per heavy atom. The lowest BCUT2D eigenvalue weighted by Gasteiger charge is -2.25. The summed E-state index contributed by atoms with van der Waals surface area (Å²) in [5, 5.41) is 50.5. The summed E-state index contributed by atoms with van der Waals surface area (Å²) >= 11 is 6.52. The zero-order chi connectivity index (χ0) is 37.3. The highest BCUT2D eigenvalue weighted by atomic mass is 35.5. The Bertz CT molecular complexity index is 1750. The fourth-order valence-corrected chi connectivity index (χ4v) is 7.14. The van der Waals surface area contributed by atoms with Crippen LogP contribution in [0.2, 0.25) is 5.02 Å². The van der Waals surface area contributed by atoms with Gasteiger partial charge in [-0.2, -0.15) is 0 Å². The second kappa shape index (κ2) is 18.2. The third kappa shape index (κ3) is 10.7. The molecular weight excluding hydrogens is 714 g/mol. The van der Waals surface area contributed by atoms with Crippen molar-refractivity contribution < 1.29 is 48.2 Å². The molecule has 0 bridgehead atoms. The number of benzene rings is 2. The van der Waals surface area contributed by atoms with Crippen molar-refractivity contribution in [1.82, 2.24) is 15.0 Å².